The van der Waals surface area contributed by atoms with Gasteiger partial charge in [0.05, 0.1) is 19.1 Å². The average molecular weight is 303 g/mol. The molecule has 1 aromatic carbocycles. The van der Waals surface area contributed by atoms with E-state index in [1.165, 1.54) is 0 Å². The van der Waals surface area contributed by atoms with E-state index >= 15 is 0 Å². The maximum atomic E-state index is 5.71. The summed E-state index contributed by atoms with van der Waals surface area (Å²) >= 11 is 4.66. The molecule has 0 spiro atoms. The van der Waals surface area contributed by atoms with Crippen LogP contribution in [-0.4, -0.2) is 27.5 Å². The van der Waals surface area contributed by atoms with Crippen molar-refractivity contribution in [1.82, 2.24) is 15.0 Å². The molecule has 0 unspecified atom stereocenters. The lowest BCUT2D eigenvalue weighted by atomic mass is 10.2. The van der Waals surface area contributed by atoms with Gasteiger partial charge in [0, 0.05) is 18.9 Å². The van der Waals surface area contributed by atoms with Crippen LogP contribution in [0.1, 0.15) is 12.0 Å². The Hall–Kier alpha value is -2.41. The SMILES string of the molecule is NC(=S)NN=Cc1cccc(OCCCn2ccnc2)c1. The van der Waals surface area contributed by atoms with Crippen LogP contribution in [0.2, 0.25) is 0 Å². The molecule has 0 saturated heterocycles. The number of aryl methyl sites for hydroxylation is 1. The average Bonchev–Trinajstić information content (AvgIpc) is 2.97. The van der Waals surface area contributed by atoms with Gasteiger partial charge in [-0.15, -0.1) is 0 Å². The van der Waals surface area contributed by atoms with E-state index in [9.17, 15) is 0 Å². The van der Waals surface area contributed by atoms with Crippen LogP contribution >= 0.6 is 12.2 Å². The van der Waals surface area contributed by atoms with Gasteiger partial charge in [0.15, 0.2) is 5.11 Å². The monoisotopic (exact) mass is 303 g/mol. The Morgan fingerprint density at radius 2 is 2.43 bits per heavy atom. The number of imidazole rings is 1. The molecule has 0 atom stereocenters. The topological polar surface area (TPSA) is 77.5 Å². The van der Waals surface area contributed by atoms with Crippen molar-refractivity contribution in [2.24, 2.45) is 10.8 Å². The summed E-state index contributed by atoms with van der Waals surface area (Å²) in [6, 6.07) is 7.65. The summed E-state index contributed by atoms with van der Waals surface area (Å²) in [7, 11) is 0. The van der Waals surface area contributed by atoms with Gasteiger partial charge >= 0.3 is 0 Å². The van der Waals surface area contributed by atoms with E-state index in [4.69, 9.17) is 10.5 Å². The number of hydrogen-bond acceptors (Lipinski definition) is 4. The van der Waals surface area contributed by atoms with E-state index in [0.29, 0.717) is 6.61 Å². The highest BCUT2D eigenvalue weighted by Gasteiger charge is 1.96. The number of rotatable bonds is 7. The van der Waals surface area contributed by atoms with Crippen LogP contribution in [0.4, 0.5) is 0 Å². The molecule has 0 aliphatic heterocycles. The third-order valence-electron chi connectivity index (χ3n) is 2.64. The molecule has 6 nitrogen and oxygen atoms in total. The highest BCUT2D eigenvalue weighted by Crippen LogP contribution is 2.12. The lowest BCUT2D eigenvalue weighted by Gasteiger charge is -2.07. The Labute approximate surface area is 128 Å². The van der Waals surface area contributed by atoms with Crippen molar-refractivity contribution in [3.8, 4) is 5.75 Å². The van der Waals surface area contributed by atoms with Gasteiger partial charge in [-0.05, 0) is 36.3 Å². The number of nitrogens with zero attached hydrogens (tertiary/aromatic N) is 3. The number of hydrazone groups is 1. The minimum absolute atomic E-state index is 0.137. The molecule has 0 fully saturated rings. The molecule has 0 aliphatic rings. The minimum atomic E-state index is 0.137. The molecule has 0 bridgehead atoms. The van der Waals surface area contributed by atoms with Crippen molar-refractivity contribution in [2.75, 3.05) is 6.61 Å². The zero-order chi connectivity index (χ0) is 14.9. The van der Waals surface area contributed by atoms with Crippen LogP contribution in [0.15, 0.2) is 48.1 Å². The van der Waals surface area contributed by atoms with Crippen LogP contribution in [0.3, 0.4) is 0 Å². The number of aromatic nitrogens is 2. The van der Waals surface area contributed by atoms with Crippen LogP contribution in [-0.2, 0) is 6.54 Å². The quantitative estimate of drug-likeness (QED) is 0.351. The van der Waals surface area contributed by atoms with Gasteiger partial charge in [-0.1, -0.05) is 12.1 Å². The molecule has 2 aromatic rings. The van der Waals surface area contributed by atoms with Crippen molar-refractivity contribution >= 4 is 23.5 Å². The summed E-state index contributed by atoms with van der Waals surface area (Å²) in [6.45, 7) is 1.53. The fraction of sp³-hybridized carbons (Fsp3) is 0.214. The number of hydrogen-bond donors (Lipinski definition) is 2. The van der Waals surface area contributed by atoms with Gasteiger partial charge < -0.3 is 15.0 Å². The van der Waals surface area contributed by atoms with Gasteiger partial charge in [0.1, 0.15) is 5.75 Å². The van der Waals surface area contributed by atoms with Crippen molar-refractivity contribution in [2.45, 2.75) is 13.0 Å². The lowest BCUT2D eigenvalue weighted by Crippen LogP contribution is -2.23. The molecule has 0 amide bonds. The maximum absolute atomic E-state index is 5.71. The van der Waals surface area contributed by atoms with E-state index < -0.39 is 0 Å². The second-order valence-corrected chi connectivity index (χ2v) is 4.75. The van der Waals surface area contributed by atoms with Gasteiger partial charge in [-0.25, -0.2) is 4.98 Å². The van der Waals surface area contributed by atoms with Gasteiger partial charge in [0.2, 0.25) is 0 Å². The van der Waals surface area contributed by atoms with Crippen LogP contribution in [0.5, 0.6) is 5.75 Å². The zero-order valence-electron chi connectivity index (χ0n) is 11.5. The largest absolute Gasteiger partial charge is 0.494 e. The predicted octanol–water partition coefficient (Wildman–Crippen LogP) is 1.52. The molecule has 2 rings (SSSR count). The Morgan fingerprint density at radius 3 is 3.19 bits per heavy atom. The summed E-state index contributed by atoms with van der Waals surface area (Å²) in [5, 5.41) is 4.04. The second-order valence-electron chi connectivity index (χ2n) is 4.31. The van der Waals surface area contributed by atoms with E-state index in [2.05, 4.69) is 27.7 Å². The number of benzene rings is 1. The molecular formula is C14H17N5OS. The first-order valence-electron chi connectivity index (χ1n) is 6.51. The highest BCUT2D eigenvalue weighted by atomic mass is 32.1. The molecule has 21 heavy (non-hydrogen) atoms. The molecule has 0 saturated carbocycles. The molecule has 1 heterocycles. The van der Waals surface area contributed by atoms with Gasteiger partial charge in [-0.3, -0.25) is 5.43 Å². The summed E-state index contributed by atoms with van der Waals surface area (Å²) in [4.78, 5) is 4.00. The van der Waals surface area contributed by atoms with Gasteiger partial charge in [0.25, 0.3) is 0 Å². The van der Waals surface area contributed by atoms with E-state index in [1.807, 2.05) is 35.0 Å². The number of ether oxygens (including phenoxy) is 1. The van der Waals surface area contributed by atoms with Crippen LogP contribution in [0, 0.1) is 0 Å². The van der Waals surface area contributed by atoms with E-state index in [0.717, 1.165) is 24.3 Å². The molecule has 7 heteroatoms. The van der Waals surface area contributed by atoms with Crippen molar-refractivity contribution in [3.05, 3.63) is 48.5 Å². The van der Waals surface area contributed by atoms with Gasteiger partial charge in [-0.2, -0.15) is 5.10 Å². The van der Waals surface area contributed by atoms with Crippen molar-refractivity contribution in [1.29, 1.82) is 0 Å². The first-order chi connectivity index (χ1) is 10.2. The summed E-state index contributed by atoms with van der Waals surface area (Å²) in [5.74, 6) is 0.805. The standard InChI is InChI=1S/C14H17N5OS/c15-14(21)18-17-10-12-3-1-4-13(9-12)20-8-2-6-19-7-5-16-11-19/h1,3-5,7,9-11H,2,6,8H2,(H3,15,18,21). The van der Waals surface area contributed by atoms with Crippen molar-refractivity contribution < 1.29 is 4.74 Å². The van der Waals surface area contributed by atoms with E-state index in [-0.39, 0.29) is 5.11 Å². The summed E-state index contributed by atoms with van der Waals surface area (Å²) in [5.41, 5.74) is 8.70. The third kappa shape index (κ3) is 5.62. The smallest absolute Gasteiger partial charge is 0.184 e. The first kappa shape index (κ1) is 15.0. The molecule has 110 valence electrons. The normalized spacial score (nSPS) is 10.7. The Balaban J connectivity index is 1.77. The predicted molar refractivity (Wildman–Crippen MR) is 86.3 cm³/mol. The van der Waals surface area contributed by atoms with Crippen LogP contribution < -0.4 is 15.9 Å². The molecule has 0 aliphatic carbocycles. The Morgan fingerprint density at radius 1 is 1.52 bits per heavy atom. The summed E-state index contributed by atoms with van der Waals surface area (Å²) < 4.78 is 7.73. The fourth-order valence-corrected chi connectivity index (χ4v) is 1.76. The second kappa shape index (κ2) is 8.01. The lowest BCUT2D eigenvalue weighted by molar-refractivity contribution is 0.301. The highest BCUT2D eigenvalue weighted by molar-refractivity contribution is 7.80. The fourth-order valence-electron chi connectivity index (χ4n) is 1.71. The van der Waals surface area contributed by atoms with Crippen molar-refractivity contribution in [3.63, 3.8) is 0 Å². The molecule has 0 radical (unpaired) electrons. The number of thiocarbonyl (C=S) groups is 1. The first-order valence-corrected chi connectivity index (χ1v) is 6.92. The third-order valence-corrected chi connectivity index (χ3v) is 2.73. The molecular weight excluding hydrogens is 286 g/mol. The molecule has 1 aromatic heterocycles. The maximum Gasteiger partial charge on any atom is 0.184 e. The minimum Gasteiger partial charge on any atom is -0.494 e. The Bertz CT molecular complexity index is 597. The Kier molecular flexibility index (Phi) is 5.71. The number of nitrogens with one attached hydrogen (secondary N) is 1. The molecule has 3 N–H and O–H groups in total. The number of nitrogens with two attached hydrogens (primary N) is 1. The van der Waals surface area contributed by atoms with E-state index in [1.54, 1.807) is 18.7 Å². The zero-order valence-corrected chi connectivity index (χ0v) is 12.3. The summed E-state index contributed by atoms with van der Waals surface area (Å²) in [6.07, 6.45) is 8.05. The van der Waals surface area contributed by atoms with Crippen LogP contribution in [0.25, 0.3) is 0 Å².